The first kappa shape index (κ1) is 8.72. The number of rotatable bonds is 3. The lowest BCUT2D eigenvalue weighted by molar-refractivity contribution is 0.682. The third-order valence-corrected chi connectivity index (χ3v) is 2.75. The number of hydrogen-bond donors (Lipinski definition) is 0. The van der Waals surface area contributed by atoms with Crippen molar-refractivity contribution in [2.24, 2.45) is 0 Å². The van der Waals surface area contributed by atoms with Gasteiger partial charge >= 0.3 is 0 Å². The molecule has 0 bridgehead atoms. The van der Waals surface area contributed by atoms with E-state index in [1.165, 1.54) is 0 Å². The highest BCUT2D eigenvalue weighted by atomic mass is 35.5. The van der Waals surface area contributed by atoms with Crippen molar-refractivity contribution >= 4 is 22.9 Å². The molecule has 0 aromatic carbocycles. The van der Waals surface area contributed by atoms with Gasteiger partial charge in [0.2, 0.25) is 0 Å². The molecule has 13 heavy (non-hydrogen) atoms. The molecular formula is C8H8ClN3S. The molecule has 2 aromatic rings. The van der Waals surface area contributed by atoms with Crippen LogP contribution in [0.3, 0.4) is 0 Å². The predicted molar refractivity (Wildman–Crippen MR) is 53.0 cm³/mol. The standard InChI is InChI=1S/C8H8ClN3S/c9-4-7-6-13-8(11-7)5-12-3-1-2-10-12/h1-3,6H,4-5H2. The van der Waals surface area contributed by atoms with Crippen LogP contribution in [-0.4, -0.2) is 14.8 Å². The average Bonchev–Trinajstić information content (AvgIpc) is 2.76. The first-order valence-electron chi connectivity index (χ1n) is 3.85. The Kier molecular flexibility index (Phi) is 2.61. The minimum atomic E-state index is 0.482. The second-order valence-corrected chi connectivity index (χ2v) is 3.78. The van der Waals surface area contributed by atoms with E-state index in [1.807, 2.05) is 22.3 Å². The molecule has 0 N–H and O–H groups in total. The highest BCUT2D eigenvalue weighted by Gasteiger charge is 2.01. The summed E-state index contributed by atoms with van der Waals surface area (Å²) in [6, 6.07) is 1.90. The van der Waals surface area contributed by atoms with Gasteiger partial charge in [0, 0.05) is 17.8 Å². The van der Waals surface area contributed by atoms with Crippen LogP contribution in [0.5, 0.6) is 0 Å². The highest BCUT2D eigenvalue weighted by Crippen LogP contribution is 2.12. The molecule has 3 nitrogen and oxygen atoms in total. The smallest absolute Gasteiger partial charge is 0.114 e. The molecule has 0 amide bonds. The van der Waals surface area contributed by atoms with Crippen molar-refractivity contribution in [2.75, 3.05) is 0 Å². The second-order valence-electron chi connectivity index (χ2n) is 2.57. The predicted octanol–water partition coefficient (Wildman–Crippen LogP) is 2.13. The lowest BCUT2D eigenvalue weighted by atomic mass is 10.5. The van der Waals surface area contributed by atoms with Crippen molar-refractivity contribution in [1.29, 1.82) is 0 Å². The van der Waals surface area contributed by atoms with Crippen LogP contribution in [0.4, 0.5) is 0 Å². The van der Waals surface area contributed by atoms with Crippen molar-refractivity contribution in [3.8, 4) is 0 Å². The summed E-state index contributed by atoms with van der Waals surface area (Å²) in [7, 11) is 0. The summed E-state index contributed by atoms with van der Waals surface area (Å²) in [6.07, 6.45) is 3.68. The van der Waals surface area contributed by atoms with Gasteiger partial charge in [0.15, 0.2) is 0 Å². The molecule has 2 rings (SSSR count). The van der Waals surface area contributed by atoms with Crippen molar-refractivity contribution in [3.63, 3.8) is 0 Å². The number of halogens is 1. The van der Waals surface area contributed by atoms with Crippen LogP contribution in [0.2, 0.25) is 0 Å². The van der Waals surface area contributed by atoms with Gasteiger partial charge in [-0.15, -0.1) is 22.9 Å². The summed E-state index contributed by atoms with van der Waals surface area (Å²) in [4.78, 5) is 4.33. The molecule has 2 heterocycles. The first-order chi connectivity index (χ1) is 6.38. The zero-order valence-electron chi connectivity index (χ0n) is 6.85. The topological polar surface area (TPSA) is 30.7 Å². The fourth-order valence-corrected chi connectivity index (χ4v) is 2.03. The monoisotopic (exact) mass is 213 g/mol. The van der Waals surface area contributed by atoms with Gasteiger partial charge < -0.3 is 0 Å². The molecule has 0 saturated carbocycles. The molecule has 0 atom stereocenters. The number of nitrogens with zero attached hydrogens (tertiary/aromatic N) is 3. The van der Waals surface area contributed by atoms with E-state index >= 15 is 0 Å². The lowest BCUT2D eigenvalue weighted by Crippen LogP contribution is -1.99. The Labute approximate surface area is 85.0 Å². The minimum absolute atomic E-state index is 0.482. The molecule has 0 unspecified atom stereocenters. The van der Waals surface area contributed by atoms with Crippen LogP contribution in [0, 0.1) is 0 Å². The van der Waals surface area contributed by atoms with E-state index in [0.717, 1.165) is 17.2 Å². The summed E-state index contributed by atoms with van der Waals surface area (Å²) in [5.41, 5.74) is 0.939. The average molecular weight is 214 g/mol. The Balaban J connectivity index is 2.10. The fraction of sp³-hybridized carbons (Fsp3) is 0.250. The molecule has 0 saturated heterocycles. The molecular weight excluding hydrogens is 206 g/mol. The molecule has 0 spiro atoms. The van der Waals surface area contributed by atoms with Crippen molar-refractivity contribution in [3.05, 3.63) is 34.5 Å². The van der Waals surface area contributed by atoms with Gasteiger partial charge in [0.25, 0.3) is 0 Å². The third kappa shape index (κ3) is 2.08. The van der Waals surface area contributed by atoms with Gasteiger partial charge in [0.05, 0.1) is 18.1 Å². The summed E-state index contributed by atoms with van der Waals surface area (Å²) >= 11 is 7.26. The highest BCUT2D eigenvalue weighted by molar-refractivity contribution is 7.09. The van der Waals surface area contributed by atoms with Crippen LogP contribution < -0.4 is 0 Å². The molecule has 0 fully saturated rings. The molecule has 0 aliphatic heterocycles. The maximum atomic E-state index is 5.64. The lowest BCUT2D eigenvalue weighted by Gasteiger charge is -1.95. The van der Waals surface area contributed by atoms with E-state index < -0.39 is 0 Å². The number of alkyl halides is 1. The number of aromatic nitrogens is 3. The second kappa shape index (κ2) is 3.89. The van der Waals surface area contributed by atoms with E-state index in [9.17, 15) is 0 Å². The van der Waals surface area contributed by atoms with Crippen molar-refractivity contribution in [1.82, 2.24) is 14.8 Å². The fourth-order valence-electron chi connectivity index (χ4n) is 1.02. The van der Waals surface area contributed by atoms with Gasteiger partial charge in [-0.25, -0.2) is 4.98 Å². The largest absolute Gasteiger partial charge is 0.266 e. The van der Waals surface area contributed by atoms with Crippen LogP contribution in [0.1, 0.15) is 10.7 Å². The molecule has 68 valence electrons. The van der Waals surface area contributed by atoms with Crippen LogP contribution in [-0.2, 0) is 12.4 Å². The van der Waals surface area contributed by atoms with Gasteiger partial charge in [-0.3, -0.25) is 4.68 Å². The van der Waals surface area contributed by atoms with Gasteiger partial charge in [-0.1, -0.05) is 0 Å². The van der Waals surface area contributed by atoms with Gasteiger partial charge in [0.1, 0.15) is 5.01 Å². The van der Waals surface area contributed by atoms with Crippen LogP contribution >= 0.6 is 22.9 Å². The number of thiazole rings is 1. The van der Waals surface area contributed by atoms with Crippen LogP contribution in [0.15, 0.2) is 23.8 Å². The Hall–Kier alpha value is -0.870. The van der Waals surface area contributed by atoms with E-state index in [4.69, 9.17) is 11.6 Å². The third-order valence-electron chi connectivity index (χ3n) is 1.59. The number of hydrogen-bond acceptors (Lipinski definition) is 3. The maximum Gasteiger partial charge on any atom is 0.114 e. The molecule has 0 radical (unpaired) electrons. The molecule has 0 aliphatic carbocycles. The zero-order chi connectivity index (χ0) is 9.10. The first-order valence-corrected chi connectivity index (χ1v) is 5.26. The van der Waals surface area contributed by atoms with Crippen molar-refractivity contribution in [2.45, 2.75) is 12.4 Å². The van der Waals surface area contributed by atoms with Crippen LogP contribution in [0.25, 0.3) is 0 Å². The van der Waals surface area contributed by atoms with Gasteiger partial charge in [-0.2, -0.15) is 5.10 Å². The maximum absolute atomic E-state index is 5.64. The zero-order valence-corrected chi connectivity index (χ0v) is 8.42. The summed E-state index contributed by atoms with van der Waals surface area (Å²) in [5, 5.41) is 7.12. The Morgan fingerprint density at radius 1 is 1.54 bits per heavy atom. The van der Waals surface area contributed by atoms with Crippen molar-refractivity contribution < 1.29 is 0 Å². The molecule has 0 aliphatic rings. The summed E-state index contributed by atoms with van der Waals surface area (Å²) < 4.78 is 1.84. The minimum Gasteiger partial charge on any atom is -0.266 e. The quantitative estimate of drug-likeness (QED) is 0.732. The SMILES string of the molecule is ClCc1csc(Cn2cccn2)n1. The Morgan fingerprint density at radius 3 is 3.08 bits per heavy atom. The summed E-state index contributed by atoms with van der Waals surface area (Å²) in [6.45, 7) is 0.731. The van der Waals surface area contributed by atoms with E-state index in [-0.39, 0.29) is 0 Å². The summed E-state index contributed by atoms with van der Waals surface area (Å²) in [5.74, 6) is 0.482. The van der Waals surface area contributed by atoms with E-state index in [2.05, 4.69) is 10.1 Å². The van der Waals surface area contributed by atoms with Gasteiger partial charge in [-0.05, 0) is 6.07 Å². The normalized spacial score (nSPS) is 10.5. The molecule has 2 aromatic heterocycles. The Morgan fingerprint density at radius 2 is 2.46 bits per heavy atom. The van der Waals surface area contributed by atoms with E-state index in [1.54, 1.807) is 17.5 Å². The molecule has 5 heteroatoms. The van der Waals surface area contributed by atoms with E-state index in [0.29, 0.717) is 5.88 Å². The Bertz CT molecular complexity index is 368.